The zero-order valence-corrected chi connectivity index (χ0v) is 21.7. The van der Waals surface area contributed by atoms with Gasteiger partial charge in [0.25, 0.3) is 11.5 Å². The predicted molar refractivity (Wildman–Crippen MR) is 145 cm³/mol. The second-order valence-corrected chi connectivity index (χ2v) is 9.51. The van der Waals surface area contributed by atoms with Crippen LogP contribution in [0, 0.1) is 17.2 Å². The van der Waals surface area contributed by atoms with Gasteiger partial charge in [0, 0.05) is 25.0 Å². The average molecular weight is 527 g/mol. The van der Waals surface area contributed by atoms with E-state index in [2.05, 4.69) is 5.32 Å². The van der Waals surface area contributed by atoms with Gasteiger partial charge in [-0.25, -0.2) is 0 Å². The third-order valence-corrected chi connectivity index (χ3v) is 6.92. The van der Waals surface area contributed by atoms with Gasteiger partial charge in [-0.3, -0.25) is 19.2 Å². The molecule has 0 saturated carbocycles. The number of nitriles is 1. The molecule has 9 nitrogen and oxygen atoms in total. The van der Waals surface area contributed by atoms with Gasteiger partial charge in [0.1, 0.15) is 5.56 Å². The van der Waals surface area contributed by atoms with Gasteiger partial charge in [-0.2, -0.15) is 5.26 Å². The quantitative estimate of drug-likeness (QED) is 0.404. The van der Waals surface area contributed by atoms with Gasteiger partial charge in [0.2, 0.25) is 5.91 Å². The number of rotatable bonds is 10. The molecule has 2 amide bonds. The van der Waals surface area contributed by atoms with Gasteiger partial charge < -0.3 is 19.5 Å². The molecule has 0 spiro atoms. The summed E-state index contributed by atoms with van der Waals surface area (Å²) in [4.78, 5) is 53.1. The molecule has 2 aromatic carbocycles. The van der Waals surface area contributed by atoms with Crippen molar-refractivity contribution in [2.45, 2.75) is 38.3 Å². The maximum atomic E-state index is 13.3. The zero-order valence-electron chi connectivity index (χ0n) is 21.7. The van der Waals surface area contributed by atoms with Crippen LogP contribution in [0.15, 0.2) is 77.7 Å². The summed E-state index contributed by atoms with van der Waals surface area (Å²) >= 11 is 0. The van der Waals surface area contributed by atoms with E-state index in [1.54, 1.807) is 41.4 Å². The molecule has 1 saturated heterocycles. The minimum atomic E-state index is -0.565. The Morgan fingerprint density at radius 2 is 1.79 bits per heavy atom. The van der Waals surface area contributed by atoms with Crippen molar-refractivity contribution in [3.8, 4) is 6.07 Å². The third kappa shape index (κ3) is 6.79. The number of ether oxygens (including phenoxy) is 1. The number of aromatic nitrogens is 1. The monoisotopic (exact) mass is 526 g/mol. The number of methoxy groups -OCH3 is 1. The Morgan fingerprint density at radius 3 is 2.49 bits per heavy atom. The predicted octanol–water partition coefficient (Wildman–Crippen LogP) is 3.39. The maximum Gasteiger partial charge on any atom is 0.306 e. The van der Waals surface area contributed by atoms with E-state index in [1.165, 1.54) is 23.3 Å². The highest BCUT2D eigenvalue weighted by Crippen LogP contribution is 2.29. The first-order chi connectivity index (χ1) is 18.9. The lowest BCUT2D eigenvalue weighted by atomic mass is 10.0. The molecule has 1 aliphatic heterocycles. The number of pyridine rings is 1. The molecule has 4 rings (SSSR count). The molecule has 0 aliphatic carbocycles. The normalized spacial score (nSPS) is 16.5. The van der Waals surface area contributed by atoms with Crippen molar-refractivity contribution >= 4 is 23.5 Å². The Bertz CT molecular complexity index is 1430. The number of amides is 2. The van der Waals surface area contributed by atoms with E-state index in [-0.39, 0.29) is 30.5 Å². The molecule has 0 bridgehead atoms. The molecular formula is C30H30N4O5. The highest BCUT2D eigenvalue weighted by atomic mass is 16.5. The zero-order chi connectivity index (χ0) is 27.8. The Hall–Kier alpha value is -4.71. The molecular weight excluding hydrogens is 496 g/mol. The lowest BCUT2D eigenvalue weighted by molar-refractivity contribution is -0.144. The molecule has 1 aromatic heterocycles. The number of aryl methyl sites for hydroxylation is 1. The molecule has 3 aromatic rings. The average Bonchev–Trinajstić information content (AvgIpc) is 3.23. The first-order valence-corrected chi connectivity index (χ1v) is 12.8. The lowest BCUT2D eigenvalue weighted by Gasteiger charge is -2.25. The number of esters is 1. The van der Waals surface area contributed by atoms with Crippen molar-refractivity contribution in [2.24, 2.45) is 5.92 Å². The Labute approximate surface area is 226 Å². The Kier molecular flexibility index (Phi) is 8.90. The minimum Gasteiger partial charge on any atom is -0.469 e. The van der Waals surface area contributed by atoms with E-state index in [9.17, 15) is 19.2 Å². The number of carbonyl (C=O) groups is 3. The summed E-state index contributed by atoms with van der Waals surface area (Å²) < 4.78 is 6.23. The SMILES string of the molecule is COC(=O)C[C@@H]1C[C@@H](Cn2cccc(C(=O)Nc3ccc(C#N)cc3)c2=O)N(CCCc2ccccc2)C1=O. The number of hydrogen-bond acceptors (Lipinski definition) is 6. The Balaban J connectivity index is 1.49. The van der Waals surface area contributed by atoms with E-state index < -0.39 is 23.4 Å². The van der Waals surface area contributed by atoms with Crippen LogP contribution in [-0.4, -0.2) is 46.9 Å². The number of nitrogens with one attached hydrogen (secondary N) is 1. The second-order valence-electron chi connectivity index (χ2n) is 9.51. The molecule has 9 heteroatoms. The van der Waals surface area contributed by atoms with E-state index in [4.69, 9.17) is 10.00 Å². The highest BCUT2D eigenvalue weighted by Gasteiger charge is 2.40. The van der Waals surface area contributed by atoms with Crippen molar-refractivity contribution in [2.75, 3.05) is 19.0 Å². The molecule has 2 atom stereocenters. The van der Waals surface area contributed by atoms with Crippen LogP contribution < -0.4 is 10.9 Å². The van der Waals surface area contributed by atoms with Gasteiger partial charge in [-0.1, -0.05) is 30.3 Å². The standard InChI is InChI=1S/C30H30N4O5/c1-39-27(35)18-23-17-25(34(29(23)37)16-5-9-21-7-3-2-4-8-21)20-33-15-6-10-26(30(33)38)28(36)32-24-13-11-22(19-31)12-14-24/h2-4,6-8,10-15,23,25H,5,9,16-18,20H2,1H3,(H,32,36)/t23-,25-/m0/s1. The number of carbonyl (C=O) groups excluding carboxylic acids is 3. The fourth-order valence-electron chi connectivity index (χ4n) is 4.90. The second kappa shape index (κ2) is 12.7. The fourth-order valence-corrected chi connectivity index (χ4v) is 4.90. The van der Waals surface area contributed by atoms with Gasteiger partial charge in [-0.05, 0) is 61.2 Å². The summed E-state index contributed by atoms with van der Waals surface area (Å²) in [7, 11) is 1.30. The summed E-state index contributed by atoms with van der Waals surface area (Å²) in [6.07, 6.45) is 3.53. The van der Waals surface area contributed by atoms with Gasteiger partial charge in [0.15, 0.2) is 0 Å². The number of anilines is 1. The van der Waals surface area contributed by atoms with Crippen LogP contribution in [0.25, 0.3) is 0 Å². The summed E-state index contributed by atoms with van der Waals surface area (Å²) in [6.45, 7) is 0.690. The first kappa shape index (κ1) is 27.3. The van der Waals surface area contributed by atoms with Crippen LogP contribution in [0.3, 0.4) is 0 Å². The van der Waals surface area contributed by atoms with Crippen molar-refractivity contribution < 1.29 is 19.1 Å². The van der Waals surface area contributed by atoms with E-state index in [0.717, 1.165) is 12.8 Å². The summed E-state index contributed by atoms with van der Waals surface area (Å²) in [6, 6.07) is 21.1. The molecule has 39 heavy (non-hydrogen) atoms. The third-order valence-electron chi connectivity index (χ3n) is 6.92. The minimum absolute atomic E-state index is 0.0110. The molecule has 1 fully saturated rings. The topological polar surface area (TPSA) is 122 Å². The molecule has 0 radical (unpaired) electrons. The number of hydrogen-bond donors (Lipinski definition) is 1. The molecule has 0 unspecified atom stereocenters. The van der Waals surface area contributed by atoms with E-state index in [1.807, 2.05) is 36.4 Å². The Morgan fingerprint density at radius 1 is 1.05 bits per heavy atom. The van der Waals surface area contributed by atoms with Crippen LogP contribution in [-0.2, 0) is 27.3 Å². The first-order valence-electron chi connectivity index (χ1n) is 12.8. The van der Waals surface area contributed by atoms with E-state index >= 15 is 0 Å². The molecule has 1 aliphatic rings. The highest BCUT2D eigenvalue weighted by molar-refractivity contribution is 6.04. The molecule has 1 N–H and O–H groups in total. The van der Waals surface area contributed by atoms with Crippen LogP contribution in [0.1, 0.15) is 40.7 Å². The summed E-state index contributed by atoms with van der Waals surface area (Å²) in [5.74, 6) is -1.65. The van der Waals surface area contributed by atoms with E-state index in [0.29, 0.717) is 24.2 Å². The van der Waals surface area contributed by atoms with Crippen molar-refractivity contribution in [1.82, 2.24) is 9.47 Å². The lowest BCUT2D eigenvalue weighted by Crippen LogP contribution is -2.40. The largest absolute Gasteiger partial charge is 0.469 e. The van der Waals surface area contributed by atoms with Crippen LogP contribution in [0.4, 0.5) is 5.69 Å². The van der Waals surface area contributed by atoms with Crippen molar-refractivity contribution in [3.05, 3.63) is 100.0 Å². The maximum absolute atomic E-state index is 13.3. The van der Waals surface area contributed by atoms with Gasteiger partial charge in [0.05, 0.1) is 37.1 Å². The van der Waals surface area contributed by atoms with Crippen molar-refractivity contribution in [3.63, 3.8) is 0 Å². The fraction of sp³-hybridized carbons (Fsp3) is 0.300. The van der Waals surface area contributed by atoms with Gasteiger partial charge >= 0.3 is 5.97 Å². The number of benzene rings is 2. The number of nitrogens with zero attached hydrogens (tertiary/aromatic N) is 3. The summed E-state index contributed by atoms with van der Waals surface area (Å²) in [5, 5.41) is 11.6. The molecule has 200 valence electrons. The molecule has 2 heterocycles. The van der Waals surface area contributed by atoms with Crippen LogP contribution in [0.5, 0.6) is 0 Å². The smallest absolute Gasteiger partial charge is 0.306 e. The van der Waals surface area contributed by atoms with Crippen LogP contribution in [0.2, 0.25) is 0 Å². The summed E-state index contributed by atoms with van der Waals surface area (Å²) in [5.41, 5.74) is 1.58. The van der Waals surface area contributed by atoms with Gasteiger partial charge in [-0.15, -0.1) is 0 Å². The van der Waals surface area contributed by atoms with Crippen molar-refractivity contribution in [1.29, 1.82) is 5.26 Å². The number of likely N-dealkylation sites (tertiary alicyclic amines) is 1. The van der Waals surface area contributed by atoms with Crippen LogP contribution >= 0.6 is 0 Å².